The molecule has 5 nitrogen and oxygen atoms in total. The second-order valence-corrected chi connectivity index (χ2v) is 6.26. The van der Waals surface area contributed by atoms with E-state index >= 15 is 0 Å². The van der Waals surface area contributed by atoms with Crippen molar-refractivity contribution in [2.45, 2.75) is 6.04 Å². The molecule has 0 bridgehead atoms. The van der Waals surface area contributed by atoms with Gasteiger partial charge in [-0.2, -0.15) is 11.3 Å². The quantitative estimate of drug-likeness (QED) is 0.772. The first kappa shape index (κ1) is 15.5. The Hall–Kier alpha value is -2.44. The van der Waals surface area contributed by atoms with E-state index in [0.717, 1.165) is 10.9 Å². The van der Waals surface area contributed by atoms with Gasteiger partial charge in [0.15, 0.2) is 0 Å². The van der Waals surface area contributed by atoms with Gasteiger partial charge in [0.05, 0.1) is 0 Å². The lowest BCUT2D eigenvalue weighted by Crippen LogP contribution is -2.31. The number of carbonyl (C=O) groups excluding carboxylic acids is 1. The van der Waals surface area contributed by atoms with Gasteiger partial charge in [0.25, 0.3) is 0 Å². The van der Waals surface area contributed by atoms with Crippen molar-refractivity contribution in [1.82, 2.24) is 9.88 Å². The number of aromatic hydroxyl groups is 1. The molecule has 0 radical (unpaired) electrons. The van der Waals surface area contributed by atoms with E-state index in [9.17, 15) is 9.90 Å². The van der Waals surface area contributed by atoms with Crippen molar-refractivity contribution >= 4 is 33.7 Å². The van der Waals surface area contributed by atoms with Crippen molar-refractivity contribution < 1.29 is 9.90 Å². The minimum atomic E-state index is -0.345. The van der Waals surface area contributed by atoms with Crippen molar-refractivity contribution in [3.63, 3.8) is 0 Å². The lowest BCUT2D eigenvalue weighted by Gasteiger charge is -2.22. The Kier molecular flexibility index (Phi) is 4.27. The van der Waals surface area contributed by atoms with Crippen LogP contribution >= 0.6 is 11.3 Å². The Morgan fingerprint density at radius 3 is 2.83 bits per heavy atom. The smallest absolute Gasteiger partial charge is 0.246 e. The lowest BCUT2D eigenvalue weighted by atomic mass is 10.1. The number of thiophene rings is 1. The zero-order valence-electron chi connectivity index (χ0n) is 12.9. The second kappa shape index (κ2) is 6.36. The number of hydrogen-bond donors (Lipinski definition) is 2. The van der Waals surface area contributed by atoms with Crippen LogP contribution in [0.1, 0.15) is 11.6 Å². The van der Waals surface area contributed by atoms with Crippen LogP contribution in [0.5, 0.6) is 5.88 Å². The monoisotopic (exact) mass is 327 g/mol. The SMILES string of the molecule is CN(C)[C@H](C(=O)Nc1ccc2c(O)nccc2c1)c1ccsc1. The topological polar surface area (TPSA) is 65.5 Å². The number of amides is 1. The van der Waals surface area contributed by atoms with E-state index in [1.165, 1.54) is 6.20 Å². The number of likely N-dealkylation sites (N-methyl/N-ethyl adjacent to an activating group) is 1. The van der Waals surface area contributed by atoms with Crippen LogP contribution < -0.4 is 5.32 Å². The molecule has 2 heterocycles. The molecule has 2 N–H and O–H groups in total. The molecular formula is C17H17N3O2S. The summed E-state index contributed by atoms with van der Waals surface area (Å²) in [7, 11) is 3.76. The number of carbonyl (C=O) groups is 1. The molecule has 6 heteroatoms. The van der Waals surface area contributed by atoms with Gasteiger partial charge in [0.1, 0.15) is 6.04 Å². The van der Waals surface area contributed by atoms with Gasteiger partial charge in [-0.05, 0) is 66.1 Å². The van der Waals surface area contributed by atoms with Gasteiger partial charge < -0.3 is 10.4 Å². The Labute approximate surface area is 138 Å². The lowest BCUT2D eigenvalue weighted by molar-refractivity contribution is -0.120. The van der Waals surface area contributed by atoms with Crippen molar-refractivity contribution in [2.75, 3.05) is 19.4 Å². The summed E-state index contributed by atoms with van der Waals surface area (Å²) in [5.74, 6) is -0.101. The normalized spacial score (nSPS) is 12.5. The molecule has 118 valence electrons. The Morgan fingerprint density at radius 1 is 1.30 bits per heavy atom. The van der Waals surface area contributed by atoms with E-state index in [-0.39, 0.29) is 17.8 Å². The largest absolute Gasteiger partial charge is 0.493 e. The molecule has 0 unspecified atom stereocenters. The molecule has 23 heavy (non-hydrogen) atoms. The molecule has 0 aliphatic heterocycles. The fraction of sp³-hybridized carbons (Fsp3) is 0.176. The van der Waals surface area contributed by atoms with Crippen LogP contribution in [0.15, 0.2) is 47.3 Å². The van der Waals surface area contributed by atoms with Gasteiger partial charge in [-0.25, -0.2) is 4.98 Å². The van der Waals surface area contributed by atoms with E-state index in [0.29, 0.717) is 11.1 Å². The fourth-order valence-electron chi connectivity index (χ4n) is 2.56. The summed E-state index contributed by atoms with van der Waals surface area (Å²) in [6, 6.07) is 8.76. The van der Waals surface area contributed by atoms with Gasteiger partial charge in [-0.15, -0.1) is 0 Å². The van der Waals surface area contributed by atoms with Gasteiger partial charge >= 0.3 is 0 Å². The molecule has 1 amide bonds. The molecule has 2 aromatic heterocycles. The van der Waals surface area contributed by atoms with Crippen molar-refractivity contribution in [2.24, 2.45) is 0 Å². The summed E-state index contributed by atoms with van der Waals surface area (Å²) < 4.78 is 0. The number of anilines is 1. The van der Waals surface area contributed by atoms with Gasteiger partial charge in [-0.1, -0.05) is 0 Å². The maximum atomic E-state index is 12.6. The number of fused-ring (bicyclic) bond motifs is 1. The van der Waals surface area contributed by atoms with Crippen LogP contribution in [0, 0.1) is 0 Å². The number of aromatic nitrogens is 1. The van der Waals surface area contributed by atoms with Crippen LogP contribution in [0.25, 0.3) is 10.8 Å². The Balaban J connectivity index is 1.87. The highest BCUT2D eigenvalue weighted by atomic mass is 32.1. The van der Waals surface area contributed by atoms with Crippen molar-refractivity contribution in [1.29, 1.82) is 0 Å². The number of nitrogens with zero attached hydrogens (tertiary/aromatic N) is 2. The highest BCUT2D eigenvalue weighted by Crippen LogP contribution is 2.27. The van der Waals surface area contributed by atoms with Gasteiger partial charge in [-0.3, -0.25) is 9.69 Å². The van der Waals surface area contributed by atoms with E-state index in [1.54, 1.807) is 29.5 Å². The zero-order chi connectivity index (χ0) is 16.4. The fourth-order valence-corrected chi connectivity index (χ4v) is 3.24. The van der Waals surface area contributed by atoms with E-state index in [1.807, 2.05) is 41.9 Å². The molecule has 0 saturated heterocycles. The van der Waals surface area contributed by atoms with E-state index in [2.05, 4.69) is 10.3 Å². The Morgan fingerprint density at radius 2 is 2.13 bits per heavy atom. The first-order valence-electron chi connectivity index (χ1n) is 7.13. The molecule has 1 aromatic carbocycles. The third kappa shape index (κ3) is 3.18. The van der Waals surface area contributed by atoms with Crippen molar-refractivity contribution in [3.8, 4) is 5.88 Å². The average molecular weight is 327 g/mol. The minimum Gasteiger partial charge on any atom is -0.493 e. The number of pyridine rings is 1. The third-order valence-electron chi connectivity index (χ3n) is 3.63. The van der Waals surface area contributed by atoms with Crippen LogP contribution in [0.2, 0.25) is 0 Å². The van der Waals surface area contributed by atoms with Crippen LogP contribution in [-0.4, -0.2) is 35.0 Å². The number of nitrogens with one attached hydrogen (secondary N) is 1. The summed E-state index contributed by atoms with van der Waals surface area (Å²) in [5, 5.41) is 18.1. The summed E-state index contributed by atoms with van der Waals surface area (Å²) >= 11 is 1.57. The number of rotatable bonds is 4. The third-order valence-corrected chi connectivity index (χ3v) is 4.34. The van der Waals surface area contributed by atoms with Crippen LogP contribution in [0.3, 0.4) is 0 Å². The predicted molar refractivity (Wildman–Crippen MR) is 92.8 cm³/mol. The molecule has 0 aliphatic rings. The predicted octanol–water partition coefficient (Wildman–Crippen LogP) is 3.24. The summed E-state index contributed by atoms with van der Waals surface area (Å²) in [5.41, 5.74) is 1.66. The average Bonchev–Trinajstić information content (AvgIpc) is 3.01. The summed E-state index contributed by atoms with van der Waals surface area (Å²) in [6.07, 6.45) is 1.54. The van der Waals surface area contributed by atoms with Crippen molar-refractivity contribution in [3.05, 3.63) is 52.9 Å². The molecule has 0 fully saturated rings. The summed E-state index contributed by atoms with van der Waals surface area (Å²) in [6.45, 7) is 0. The number of hydrogen-bond acceptors (Lipinski definition) is 5. The first-order valence-corrected chi connectivity index (χ1v) is 8.07. The summed E-state index contributed by atoms with van der Waals surface area (Å²) in [4.78, 5) is 18.4. The highest BCUT2D eigenvalue weighted by Gasteiger charge is 2.23. The van der Waals surface area contributed by atoms with Gasteiger partial charge in [0.2, 0.25) is 11.8 Å². The molecule has 3 aromatic rings. The molecular weight excluding hydrogens is 310 g/mol. The van der Waals surface area contributed by atoms with Crippen LogP contribution in [-0.2, 0) is 4.79 Å². The molecule has 0 spiro atoms. The highest BCUT2D eigenvalue weighted by molar-refractivity contribution is 7.08. The zero-order valence-corrected chi connectivity index (χ0v) is 13.7. The minimum absolute atomic E-state index is 0.00943. The van der Waals surface area contributed by atoms with E-state index in [4.69, 9.17) is 0 Å². The second-order valence-electron chi connectivity index (χ2n) is 5.48. The maximum Gasteiger partial charge on any atom is 0.246 e. The molecule has 3 rings (SSSR count). The standard InChI is InChI=1S/C17H17N3O2S/c1-20(2)15(12-6-8-23-10-12)17(22)19-13-3-4-14-11(9-13)5-7-18-16(14)21/h3-10,15H,1-2H3,(H,18,21)(H,19,22)/t15-/m0/s1. The molecule has 1 atom stereocenters. The van der Waals surface area contributed by atoms with Gasteiger partial charge in [0, 0.05) is 17.3 Å². The van der Waals surface area contributed by atoms with Crippen LogP contribution in [0.4, 0.5) is 5.69 Å². The molecule has 0 aliphatic carbocycles. The Bertz CT molecular complexity index is 831. The van der Waals surface area contributed by atoms with E-state index < -0.39 is 0 Å². The number of benzene rings is 1. The maximum absolute atomic E-state index is 12.6. The first-order chi connectivity index (χ1) is 11.1. The molecule has 0 saturated carbocycles.